The van der Waals surface area contributed by atoms with Crippen molar-refractivity contribution in [1.29, 1.82) is 0 Å². The minimum atomic E-state index is -1.47. The van der Waals surface area contributed by atoms with E-state index in [2.05, 4.69) is 51.9 Å². The van der Waals surface area contributed by atoms with Crippen molar-refractivity contribution in [2.24, 2.45) is 5.92 Å². The molecular formula is C13H27NOSi. The lowest BCUT2D eigenvalue weighted by molar-refractivity contribution is 0.167. The average molecular weight is 241 g/mol. The molecule has 0 radical (unpaired) electrons. The Labute approximate surface area is 102 Å². The van der Waals surface area contributed by atoms with E-state index in [4.69, 9.17) is 4.43 Å². The molecule has 3 heteroatoms. The first-order valence-electron chi connectivity index (χ1n) is 6.22. The zero-order valence-corrected chi connectivity index (χ0v) is 12.8. The van der Waals surface area contributed by atoms with E-state index >= 15 is 0 Å². The molecule has 94 valence electrons. The monoisotopic (exact) mass is 241 g/mol. The van der Waals surface area contributed by atoms with E-state index < -0.39 is 8.32 Å². The quantitative estimate of drug-likeness (QED) is 0.554. The zero-order valence-electron chi connectivity index (χ0n) is 11.8. The van der Waals surface area contributed by atoms with Crippen molar-refractivity contribution < 1.29 is 4.43 Å². The van der Waals surface area contributed by atoms with E-state index in [9.17, 15) is 0 Å². The number of hydrogen-bond acceptors (Lipinski definition) is 2. The predicted molar refractivity (Wildman–Crippen MR) is 73.0 cm³/mol. The van der Waals surface area contributed by atoms with Crippen molar-refractivity contribution in [2.75, 3.05) is 13.1 Å². The fourth-order valence-corrected chi connectivity index (χ4v) is 3.06. The molecule has 0 spiro atoms. The maximum Gasteiger partial charge on any atom is 0.241 e. The van der Waals surface area contributed by atoms with Gasteiger partial charge in [-0.3, -0.25) is 4.90 Å². The summed E-state index contributed by atoms with van der Waals surface area (Å²) in [7, 11) is -1.47. The summed E-state index contributed by atoms with van der Waals surface area (Å²) < 4.78 is 6.00. The molecule has 0 N–H and O–H groups in total. The molecule has 1 unspecified atom stereocenters. The fraction of sp³-hybridized carbons (Fsp3) is 0.846. The Morgan fingerprint density at radius 2 is 1.88 bits per heavy atom. The molecule has 1 rings (SSSR count). The van der Waals surface area contributed by atoms with Crippen LogP contribution >= 0.6 is 0 Å². The van der Waals surface area contributed by atoms with Crippen LogP contribution in [0.5, 0.6) is 0 Å². The molecule has 2 nitrogen and oxygen atoms in total. The van der Waals surface area contributed by atoms with E-state index in [1.54, 1.807) is 0 Å². The third-order valence-corrected chi connectivity index (χ3v) is 3.90. The molecule has 0 saturated carbocycles. The summed E-state index contributed by atoms with van der Waals surface area (Å²) in [5, 5.41) is 0. The van der Waals surface area contributed by atoms with Crippen molar-refractivity contribution in [3.8, 4) is 0 Å². The normalized spacial score (nSPS) is 23.5. The zero-order chi connectivity index (χ0) is 12.6. The summed E-state index contributed by atoms with van der Waals surface area (Å²) in [5.74, 6) is 1.55. The second-order valence-corrected chi connectivity index (χ2v) is 11.2. The summed E-state index contributed by atoms with van der Waals surface area (Å²) in [6, 6.07) is 0. The van der Waals surface area contributed by atoms with Gasteiger partial charge in [0, 0.05) is 18.0 Å². The third kappa shape index (κ3) is 3.94. The highest BCUT2D eigenvalue weighted by molar-refractivity contribution is 6.70. The second kappa shape index (κ2) is 4.53. The van der Waals surface area contributed by atoms with Crippen molar-refractivity contribution in [1.82, 2.24) is 4.90 Å². The lowest BCUT2D eigenvalue weighted by Crippen LogP contribution is -2.39. The standard InChI is InChI=1S/C13H27NOSi/c1-11(15-16(5,6)7)12-8-9-14(10-12)13(2,3)4/h12H,1,8-10H2,2-7H3. The molecule has 0 aromatic rings. The summed E-state index contributed by atoms with van der Waals surface area (Å²) in [6.45, 7) is 19.9. The third-order valence-electron chi connectivity index (χ3n) is 3.03. The first-order chi connectivity index (χ1) is 7.09. The first kappa shape index (κ1) is 13.8. The van der Waals surface area contributed by atoms with Gasteiger partial charge in [-0.1, -0.05) is 6.58 Å². The molecular weight excluding hydrogens is 214 g/mol. The Bertz CT molecular complexity index is 262. The molecule has 1 atom stereocenters. The minimum Gasteiger partial charge on any atom is -0.548 e. The van der Waals surface area contributed by atoms with Crippen molar-refractivity contribution in [2.45, 2.75) is 52.4 Å². The van der Waals surface area contributed by atoms with Crippen LogP contribution in [0.3, 0.4) is 0 Å². The van der Waals surface area contributed by atoms with E-state index in [-0.39, 0.29) is 5.54 Å². The SMILES string of the molecule is C=C(O[Si](C)(C)C)C1CCN(C(C)(C)C)C1. The molecule has 0 amide bonds. The lowest BCUT2D eigenvalue weighted by Gasteiger charge is -2.32. The summed E-state index contributed by atoms with van der Waals surface area (Å²) in [4.78, 5) is 2.52. The topological polar surface area (TPSA) is 12.5 Å². The van der Waals surface area contributed by atoms with Gasteiger partial charge in [-0.2, -0.15) is 0 Å². The highest BCUT2D eigenvalue weighted by atomic mass is 28.4. The van der Waals surface area contributed by atoms with Gasteiger partial charge in [-0.25, -0.2) is 0 Å². The smallest absolute Gasteiger partial charge is 0.241 e. The van der Waals surface area contributed by atoms with Crippen LogP contribution in [0.25, 0.3) is 0 Å². The van der Waals surface area contributed by atoms with Gasteiger partial charge in [0.05, 0.1) is 5.76 Å². The van der Waals surface area contributed by atoms with Crippen LogP contribution in [-0.4, -0.2) is 31.8 Å². The molecule has 1 fully saturated rings. The highest BCUT2D eigenvalue weighted by Gasteiger charge is 2.33. The van der Waals surface area contributed by atoms with Gasteiger partial charge in [-0.05, 0) is 53.4 Å². The molecule has 0 bridgehead atoms. The molecule has 1 aliphatic rings. The summed E-state index contributed by atoms with van der Waals surface area (Å²) in [5.41, 5.74) is 0.272. The molecule has 0 aromatic carbocycles. The molecule has 16 heavy (non-hydrogen) atoms. The largest absolute Gasteiger partial charge is 0.548 e. The van der Waals surface area contributed by atoms with Gasteiger partial charge in [0.25, 0.3) is 0 Å². The van der Waals surface area contributed by atoms with Crippen LogP contribution in [-0.2, 0) is 4.43 Å². The van der Waals surface area contributed by atoms with Crippen LogP contribution in [0.4, 0.5) is 0 Å². The molecule has 0 aliphatic carbocycles. The second-order valence-electron chi connectivity index (χ2n) is 6.78. The van der Waals surface area contributed by atoms with Crippen LogP contribution in [0.15, 0.2) is 12.3 Å². The summed E-state index contributed by atoms with van der Waals surface area (Å²) in [6.07, 6.45) is 1.20. The Morgan fingerprint density at radius 1 is 1.31 bits per heavy atom. The number of nitrogens with zero attached hydrogens (tertiary/aromatic N) is 1. The maximum atomic E-state index is 6.00. The Kier molecular flexibility index (Phi) is 3.90. The van der Waals surface area contributed by atoms with Gasteiger partial charge in [0.15, 0.2) is 0 Å². The molecule has 1 saturated heterocycles. The van der Waals surface area contributed by atoms with Crippen LogP contribution in [0.2, 0.25) is 19.6 Å². The van der Waals surface area contributed by atoms with Crippen molar-refractivity contribution in [3.05, 3.63) is 12.3 Å². The summed E-state index contributed by atoms with van der Waals surface area (Å²) >= 11 is 0. The maximum absolute atomic E-state index is 6.00. The first-order valence-corrected chi connectivity index (χ1v) is 9.63. The van der Waals surface area contributed by atoms with Crippen LogP contribution in [0.1, 0.15) is 27.2 Å². The Hall–Kier alpha value is -0.283. The fourth-order valence-electron chi connectivity index (χ4n) is 2.11. The van der Waals surface area contributed by atoms with Gasteiger partial charge < -0.3 is 4.43 Å². The predicted octanol–water partition coefficient (Wildman–Crippen LogP) is 3.47. The molecule has 0 aromatic heterocycles. The number of hydrogen-bond donors (Lipinski definition) is 0. The van der Waals surface area contributed by atoms with Crippen molar-refractivity contribution in [3.63, 3.8) is 0 Å². The number of likely N-dealkylation sites (tertiary alicyclic amines) is 1. The number of rotatable bonds is 3. The van der Waals surface area contributed by atoms with Gasteiger partial charge in [-0.15, -0.1) is 0 Å². The van der Waals surface area contributed by atoms with Gasteiger partial charge in [0.1, 0.15) is 0 Å². The van der Waals surface area contributed by atoms with Gasteiger partial charge >= 0.3 is 0 Å². The molecule has 1 heterocycles. The van der Waals surface area contributed by atoms with E-state index in [0.29, 0.717) is 5.92 Å². The van der Waals surface area contributed by atoms with E-state index in [1.165, 1.54) is 13.0 Å². The van der Waals surface area contributed by atoms with Crippen molar-refractivity contribution >= 4 is 8.32 Å². The Morgan fingerprint density at radius 3 is 2.25 bits per heavy atom. The minimum absolute atomic E-state index is 0.272. The van der Waals surface area contributed by atoms with E-state index in [1.807, 2.05) is 0 Å². The Balaban J connectivity index is 2.51. The van der Waals surface area contributed by atoms with Crippen LogP contribution < -0.4 is 0 Å². The van der Waals surface area contributed by atoms with Gasteiger partial charge in [0.2, 0.25) is 8.32 Å². The van der Waals surface area contributed by atoms with Crippen LogP contribution in [0, 0.1) is 5.92 Å². The molecule has 1 aliphatic heterocycles. The highest BCUT2D eigenvalue weighted by Crippen LogP contribution is 2.30. The average Bonchev–Trinajstić information content (AvgIpc) is 2.46. The van der Waals surface area contributed by atoms with E-state index in [0.717, 1.165) is 12.3 Å². The lowest BCUT2D eigenvalue weighted by atomic mass is 10.1.